The largest absolute Gasteiger partial charge is 0.387 e. The van der Waals surface area contributed by atoms with Crippen molar-refractivity contribution in [1.29, 1.82) is 0 Å². The quantitative estimate of drug-likeness (QED) is 0.543. The van der Waals surface area contributed by atoms with Crippen LogP contribution in [0.25, 0.3) is 0 Å². The van der Waals surface area contributed by atoms with Gasteiger partial charge in [0.15, 0.2) is 0 Å². The summed E-state index contributed by atoms with van der Waals surface area (Å²) in [5.41, 5.74) is 1.90. The summed E-state index contributed by atoms with van der Waals surface area (Å²) in [6.45, 7) is 8.53. The lowest BCUT2D eigenvalue weighted by molar-refractivity contribution is 0.0296. The highest BCUT2D eigenvalue weighted by molar-refractivity contribution is 14.1. The van der Waals surface area contributed by atoms with Crippen molar-refractivity contribution in [2.75, 3.05) is 39.4 Å². The molecule has 21 heavy (non-hydrogen) atoms. The number of aliphatic hydroxyl groups excluding tert-OH is 1. The molecule has 6 nitrogen and oxygen atoms in total. The Morgan fingerprint density at radius 2 is 2.19 bits per heavy atom. The van der Waals surface area contributed by atoms with E-state index in [0.29, 0.717) is 13.0 Å². The maximum Gasteiger partial charge on any atom is 0.105 e. The molecule has 1 saturated heterocycles. The summed E-state index contributed by atoms with van der Waals surface area (Å²) in [6, 6.07) is 0. The Balaban J connectivity index is 1.94. The van der Waals surface area contributed by atoms with Crippen molar-refractivity contribution < 1.29 is 9.84 Å². The molecule has 0 bridgehead atoms. The van der Waals surface area contributed by atoms with Crippen molar-refractivity contribution >= 4 is 29.3 Å². The number of ether oxygens (including phenoxy) is 1. The monoisotopic (exact) mass is 406 g/mol. The van der Waals surface area contributed by atoms with Gasteiger partial charge in [0.25, 0.3) is 0 Å². The summed E-state index contributed by atoms with van der Waals surface area (Å²) in [4.78, 5) is 6.21. The molecule has 0 amide bonds. The number of hydrogen-bond donors (Lipinski definition) is 1. The maximum absolute atomic E-state index is 10.4. The Labute approximate surface area is 139 Å². The normalized spacial score (nSPS) is 17.9. The van der Waals surface area contributed by atoms with Crippen molar-refractivity contribution in [3.63, 3.8) is 0 Å². The number of morpholine rings is 1. The third kappa shape index (κ3) is 4.48. The van der Waals surface area contributed by atoms with Crippen LogP contribution in [-0.4, -0.2) is 65.9 Å². The van der Waals surface area contributed by atoms with Gasteiger partial charge in [-0.25, -0.2) is 0 Å². The number of hydrogen-bond acceptors (Lipinski definition) is 5. The average molecular weight is 406 g/mol. The van der Waals surface area contributed by atoms with Gasteiger partial charge in [0.2, 0.25) is 0 Å². The minimum absolute atomic E-state index is 0.517. The molecule has 0 saturated carbocycles. The second-order valence-corrected chi connectivity index (χ2v) is 6.30. The van der Waals surface area contributed by atoms with E-state index in [4.69, 9.17) is 4.74 Å². The molecule has 0 unspecified atom stereocenters. The van der Waals surface area contributed by atoms with Crippen LogP contribution in [0.4, 0.5) is 0 Å². The Bertz CT molecular complexity index is 472. The fourth-order valence-electron chi connectivity index (χ4n) is 2.49. The Hall–Kier alpha value is -0.510. The molecule has 0 aliphatic carbocycles. The van der Waals surface area contributed by atoms with E-state index in [9.17, 15) is 5.11 Å². The molecule has 1 atom stereocenters. The Kier molecular flexibility index (Phi) is 6.59. The molecule has 0 aromatic carbocycles. The zero-order valence-electron chi connectivity index (χ0n) is 12.5. The van der Waals surface area contributed by atoms with Crippen LogP contribution in [0.2, 0.25) is 0 Å². The zero-order chi connectivity index (χ0) is 15.2. The Morgan fingerprint density at radius 1 is 1.48 bits per heavy atom. The minimum Gasteiger partial charge on any atom is -0.387 e. The minimum atomic E-state index is -0.517. The molecule has 118 valence electrons. The summed E-state index contributed by atoms with van der Waals surface area (Å²) in [7, 11) is 1.92. The predicted octanol–water partition coefficient (Wildman–Crippen LogP) is 1.02. The van der Waals surface area contributed by atoms with Crippen molar-refractivity contribution in [1.82, 2.24) is 14.7 Å². The number of aliphatic hydroxyl groups is 1. The first kappa shape index (κ1) is 16.9. The van der Waals surface area contributed by atoms with E-state index in [-0.39, 0.29) is 0 Å². The van der Waals surface area contributed by atoms with Crippen molar-refractivity contribution in [2.24, 2.45) is 12.0 Å². The number of halogens is 1. The van der Waals surface area contributed by atoms with Crippen molar-refractivity contribution in [3.8, 4) is 0 Å². The van der Waals surface area contributed by atoms with Crippen LogP contribution in [0.15, 0.2) is 4.99 Å². The lowest BCUT2D eigenvalue weighted by atomic mass is 10.1. The molecule has 1 N–H and O–H groups in total. The van der Waals surface area contributed by atoms with Crippen LogP contribution in [0.1, 0.15) is 23.9 Å². The molecule has 1 aliphatic heterocycles. The maximum atomic E-state index is 10.4. The third-order valence-corrected chi connectivity index (χ3v) is 4.95. The molecule has 1 aromatic heterocycles. The van der Waals surface area contributed by atoms with E-state index in [1.807, 2.05) is 11.7 Å². The second-order valence-electron chi connectivity index (χ2n) is 5.23. The van der Waals surface area contributed by atoms with E-state index in [0.717, 1.165) is 54.2 Å². The van der Waals surface area contributed by atoms with Crippen molar-refractivity contribution in [3.05, 3.63) is 15.0 Å². The summed E-state index contributed by atoms with van der Waals surface area (Å²) in [5.74, 6) is 0. The summed E-state index contributed by atoms with van der Waals surface area (Å²) in [5, 5.41) is 14.9. The number of aryl methyl sites for hydroxylation is 1. The van der Waals surface area contributed by atoms with Crippen molar-refractivity contribution in [2.45, 2.75) is 18.9 Å². The first-order valence-corrected chi connectivity index (χ1v) is 8.33. The van der Waals surface area contributed by atoms with Crippen LogP contribution in [0.3, 0.4) is 0 Å². The van der Waals surface area contributed by atoms with Crippen LogP contribution in [0, 0.1) is 3.57 Å². The Morgan fingerprint density at radius 3 is 2.86 bits per heavy atom. The lowest BCUT2D eigenvalue weighted by Crippen LogP contribution is -2.37. The molecule has 1 aromatic rings. The van der Waals surface area contributed by atoms with E-state index in [2.05, 4.69) is 44.3 Å². The topological polar surface area (TPSA) is 62.9 Å². The zero-order valence-corrected chi connectivity index (χ0v) is 14.6. The second kappa shape index (κ2) is 8.21. The number of aliphatic imine (C=N–C) groups is 1. The van der Waals surface area contributed by atoms with Gasteiger partial charge in [-0.3, -0.25) is 9.58 Å². The molecule has 7 heteroatoms. The molecular weight excluding hydrogens is 383 g/mol. The first-order chi connectivity index (χ1) is 10.1. The van der Waals surface area contributed by atoms with Gasteiger partial charge < -0.3 is 14.8 Å². The fraction of sp³-hybridized carbons (Fsp3) is 0.714. The number of nitrogens with zero attached hydrogens (tertiary/aromatic N) is 4. The molecule has 1 fully saturated rings. The van der Waals surface area contributed by atoms with Gasteiger partial charge in [-0.05, 0) is 35.7 Å². The van der Waals surface area contributed by atoms with Crippen LogP contribution in [-0.2, 0) is 18.2 Å². The highest BCUT2D eigenvalue weighted by Gasteiger charge is 2.21. The summed E-state index contributed by atoms with van der Waals surface area (Å²) in [6.07, 6.45) is 0.990. The summed E-state index contributed by atoms with van der Waals surface area (Å²) >= 11 is 2.27. The molecule has 0 spiro atoms. The average Bonchev–Trinajstić information content (AvgIpc) is 2.79. The summed E-state index contributed by atoms with van der Waals surface area (Å²) < 4.78 is 8.23. The molecule has 1 aliphatic rings. The molecule has 0 radical (unpaired) electrons. The molecular formula is C14H23IN4O2. The number of aromatic nitrogens is 2. The SMILES string of the molecule is C=NCCc1c(I)c([C@H](O)CCN2CCOCC2)nn1C. The molecule has 2 heterocycles. The van der Waals surface area contributed by atoms with Gasteiger partial charge in [0.1, 0.15) is 11.8 Å². The van der Waals surface area contributed by atoms with Gasteiger partial charge in [0.05, 0.1) is 22.5 Å². The highest BCUT2D eigenvalue weighted by atomic mass is 127. The van der Waals surface area contributed by atoms with Gasteiger partial charge >= 0.3 is 0 Å². The van der Waals surface area contributed by atoms with Gasteiger partial charge in [-0.2, -0.15) is 5.10 Å². The van der Waals surface area contributed by atoms with Gasteiger partial charge in [-0.1, -0.05) is 0 Å². The highest BCUT2D eigenvalue weighted by Crippen LogP contribution is 2.25. The van der Waals surface area contributed by atoms with Gasteiger partial charge in [0, 0.05) is 39.6 Å². The fourth-order valence-corrected chi connectivity index (χ4v) is 3.58. The van der Waals surface area contributed by atoms with Crippen LogP contribution < -0.4 is 0 Å². The van der Waals surface area contributed by atoms with E-state index in [1.54, 1.807) is 0 Å². The lowest BCUT2D eigenvalue weighted by Gasteiger charge is -2.27. The van der Waals surface area contributed by atoms with E-state index >= 15 is 0 Å². The first-order valence-electron chi connectivity index (χ1n) is 7.25. The van der Waals surface area contributed by atoms with Gasteiger partial charge in [-0.15, -0.1) is 0 Å². The smallest absolute Gasteiger partial charge is 0.105 e. The predicted molar refractivity (Wildman–Crippen MR) is 90.9 cm³/mol. The third-order valence-electron chi connectivity index (χ3n) is 3.77. The van der Waals surface area contributed by atoms with E-state index < -0.39 is 6.10 Å². The van der Waals surface area contributed by atoms with E-state index in [1.165, 1.54) is 0 Å². The molecule has 2 rings (SSSR count). The number of rotatable bonds is 7. The van der Waals surface area contributed by atoms with Crippen LogP contribution >= 0.6 is 22.6 Å². The standard InChI is InChI=1S/C14H23IN4O2/c1-16-5-3-11-13(15)14(17-18(11)2)12(20)4-6-19-7-9-21-10-8-19/h12,20H,1,3-10H2,2H3/t12-/m1/s1. The van der Waals surface area contributed by atoms with Crippen LogP contribution in [0.5, 0.6) is 0 Å².